The number of amides is 1. The smallest absolute Gasteiger partial charge is 0.227 e. The standard InChI is InChI=1S/C15H19N5OS/c1-11-17-12(10-22-11)6-18-7-14(8-18)20-9-13(5-16-20)19-4-2-3-15(19)21/h5,9-10,14H,2-4,6-8H2,1H3. The molecule has 0 bridgehead atoms. The minimum Gasteiger partial charge on any atom is -0.309 e. The van der Waals surface area contributed by atoms with Crippen molar-refractivity contribution in [2.24, 2.45) is 0 Å². The van der Waals surface area contributed by atoms with Crippen molar-refractivity contribution in [1.82, 2.24) is 19.7 Å². The Balaban J connectivity index is 1.35. The lowest BCUT2D eigenvalue weighted by Crippen LogP contribution is -2.47. The highest BCUT2D eigenvalue weighted by atomic mass is 32.1. The second-order valence-electron chi connectivity index (χ2n) is 6.03. The van der Waals surface area contributed by atoms with Crippen LogP contribution in [0.25, 0.3) is 0 Å². The first-order valence-corrected chi connectivity index (χ1v) is 8.55. The molecule has 0 spiro atoms. The number of thiazole rings is 1. The first-order chi connectivity index (χ1) is 10.7. The monoisotopic (exact) mass is 317 g/mol. The molecule has 7 heteroatoms. The molecule has 0 saturated carbocycles. The fraction of sp³-hybridized carbons (Fsp3) is 0.533. The number of nitrogens with zero attached hydrogens (tertiary/aromatic N) is 5. The summed E-state index contributed by atoms with van der Waals surface area (Å²) < 4.78 is 2.00. The zero-order valence-electron chi connectivity index (χ0n) is 12.6. The van der Waals surface area contributed by atoms with Gasteiger partial charge in [-0.2, -0.15) is 5.10 Å². The number of likely N-dealkylation sites (tertiary alicyclic amines) is 1. The number of carbonyl (C=O) groups is 1. The normalized spacial score (nSPS) is 19.9. The zero-order chi connectivity index (χ0) is 15.1. The maximum Gasteiger partial charge on any atom is 0.227 e. The van der Waals surface area contributed by atoms with Crippen LogP contribution >= 0.6 is 11.3 Å². The third-order valence-corrected chi connectivity index (χ3v) is 5.16. The quantitative estimate of drug-likeness (QED) is 0.863. The van der Waals surface area contributed by atoms with Gasteiger partial charge in [0.25, 0.3) is 0 Å². The van der Waals surface area contributed by atoms with E-state index in [1.165, 1.54) is 0 Å². The third-order valence-electron chi connectivity index (χ3n) is 4.34. The number of anilines is 1. The van der Waals surface area contributed by atoms with Crippen LogP contribution in [0.3, 0.4) is 0 Å². The summed E-state index contributed by atoms with van der Waals surface area (Å²) in [5.41, 5.74) is 2.10. The first-order valence-electron chi connectivity index (χ1n) is 7.67. The van der Waals surface area contributed by atoms with Gasteiger partial charge < -0.3 is 4.90 Å². The number of aryl methyl sites for hydroxylation is 1. The van der Waals surface area contributed by atoms with E-state index in [1.807, 2.05) is 28.9 Å². The summed E-state index contributed by atoms with van der Waals surface area (Å²) in [5.74, 6) is 0.216. The van der Waals surface area contributed by atoms with E-state index in [4.69, 9.17) is 0 Å². The van der Waals surface area contributed by atoms with Gasteiger partial charge in [0.1, 0.15) is 0 Å². The average Bonchev–Trinajstić information content (AvgIpc) is 3.14. The molecule has 4 heterocycles. The molecule has 2 aromatic rings. The lowest BCUT2D eigenvalue weighted by Gasteiger charge is -2.38. The topological polar surface area (TPSA) is 54.3 Å². The van der Waals surface area contributed by atoms with E-state index in [9.17, 15) is 4.79 Å². The fourth-order valence-corrected chi connectivity index (χ4v) is 3.74. The van der Waals surface area contributed by atoms with Gasteiger partial charge >= 0.3 is 0 Å². The summed E-state index contributed by atoms with van der Waals surface area (Å²) in [7, 11) is 0. The van der Waals surface area contributed by atoms with E-state index in [1.54, 1.807) is 11.3 Å². The number of hydrogen-bond acceptors (Lipinski definition) is 5. The van der Waals surface area contributed by atoms with Crippen molar-refractivity contribution in [2.75, 3.05) is 24.5 Å². The van der Waals surface area contributed by atoms with Crippen molar-refractivity contribution in [1.29, 1.82) is 0 Å². The van der Waals surface area contributed by atoms with E-state index >= 15 is 0 Å². The van der Waals surface area contributed by atoms with Crippen LogP contribution in [0.15, 0.2) is 17.8 Å². The SMILES string of the molecule is Cc1nc(CN2CC(n3cc(N4CCCC4=O)cn3)C2)cs1. The van der Waals surface area contributed by atoms with Gasteiger partial charge in [-0.25, -0.2) is 4.98 Å². The van der Waals surface area contributed by atoms with Crippen molar-refractivity contribution in [2.45, 2.75) is 32.4 Å². The first kappa shape index (κ1) is 13.9. The van der Waals surface area contributed by atoms with Crippen molar-refractivity contribution in [3.63, 3.8) is 0 Å². The molecule has 116 valence electrons. The van der Waals surface area contributed by atoms with Crippen LogP contribution in [0, 0.1) is 6.92 Å². The predicted octanol–water partition coefficient (Wildman–Crippen LogP) is 1.83. The number of aromatic nitrogens is 3. The van der Waals surface area contributed by atoms with Gasteiger partial charge in [0.05, 0.1) is 28.6 Å². The largest absolute Gasteiger partial charge is 0.309 e. The predicted molar refractivity (Wildman–Crippen MR) is 85.0 cm³/mol. The molecule has 0 unspecified atom stereocenters. The van der Waals surface area contributed by atoms with Crippen LogP contribution in [-0.2, 0) is 11.3 Å². The Bertz CT molecular complexity index is 688. The molecule has 2 saturated heterocycles. The van der Waals surface area contributed by atoms with E-state index in [2.05, 4.69) is 20.4 Å². The third kappa shape index (κ3) is 2.55. The van der Waals surface area contributed by atoms with Gasteiger partial charge in [-0.05, 0) is 13.3 Å². The maximum atomic E-state index is 11.8. The lowest BCUT2D eigenvalue weighted by molar-refractivity contribution is -0.117. The molecule has 0 aliphatic carbocycles. The Morgan fingerprint density at radius 2 is 2.27 bits per heavy atom. The van der Waals surface area contributed by atoms with Crippen LogP contribution < -0.4 is 4.90 Å². The molecule has 0 aromatic carbocycles. The molecule has 6 nitrogen and oxygen atoms in total. The Kier molecular flexibility index (Phi) is 3.46. The molecule has 2 aliphatic heterocycles. The minimum absolute atomic E-state index is 0.216. The second-order valence-corrected chi connectivity index (χ2v) is 7.10. The average molecular weight is 317 g/mol. The van der Waals surface area contributed by atoms with Crippen molar-refractivity contribution in [3.05, 3.63) is 28.5 Å². The Hall–Kier alpha value is -1.73. The van der Waals surface area contributed by atoms with Crippen molar-refractivity contribution < 1.29 is 4.79 Å². The van der Waals surface area contributed by atoms with Gasteiger partial charge in [0.2, 0.25) is 5.91 Å². The van der Waals surface area contributed by atoms with Gasteiger partial charge in [0, 0.05) is 44.2 Å². The van der Waals surface area contributed by atoms with Crippen LogP contribution in [0.4, 0.5) is 5.69 Å². The van der Waals surface area contributed by atoms with E-state index in [0.717, 1.165) is 49.0 Å². The van der Waals surface area contributed by atoms with Crippen LogP contribution in [-0.4, -0.2) is 45.2 Å². The van der Waals surface area contributed by atoms with Crippen LogP contribution in [0.1, 0.15) is 29.6 Å². The maximum absolute atomic E-state index is 11.8. The summed E-state index contributed by atoms with van der Waals surface area (Å²) in [6.45, 7) is 5.76. The number of carbonyl (C=O) groups excluding carboxylic acids is 1. The van der Waals surface area contributed by atoms with Gasteiger partial charge in [-0.1, -0.05) is 0 Å². The molecule has 0 N–H and O–H groups in total. The fourth-order valence-electron chi connectivity index (χ4n) is 3.14. The highest BCUT2D eigenvalue weighted by Crippen LogP contribution is 2.26. The number of rotatable bonds is 4. The molecule has 22 heavy (non-hydrogen) atoms. The molecule has 2 aromatic heterocycles. The van der Waals surface area contributed by atoms with Gasteiger partial charge in [-0.15, -0.1) is 11.3 Å². The summed E-state index contributed by atoms with van der Waals surface area (Å²) in [6.07, 6.45) is 5.44. The summed E-state index contributed by atoms with van der Waals surface area (Å²) in [6, 6.07) is 0.409. The van der Waals surface area contributed by atoms with Crippen LogP contribution in [0.2, 0.25) is 0 Å². The summed E-state index contributed by atoms with van der Waals surface area (Å²) in [5, 5.41) is 7.70. The molecule has 2 fully saturated rings. The number of hydrogen-bond donors (Lipinski definition) is 0. The summed E-state index contributed by atoms with van der Waals surface area (Å²) >= 11 is 1.70. The zero-order valence-corrected chi connectivity index (χ0v) is 13.4. The molecular weight excluding hydrogens is 298 g/mol. The van der Waals surface area contributed by atoms with Crippen molar-refractivity contribution >= 4 is 22.9 Å². The second kappa shape index (κ2) is 5.48. The van der Waals surface area contributed by atoms with E-state index in [0.29, 0.717) is 12.5 Å². The highest BCUT2D eigenvalue weighted by molar-refractivity contribution is 7.09. The Morgan fingerprint density at radius 3 is 2.95 bits per heavy atom. The van der Waals surface area contributed by atoms with E-state index in [-0.39, 0.29) is 5.91 Å². The Morgan fingerprint density at radius 1 is 1.41 bits per heavy atom. The molecular formula is C15H19N5OS. The molecule has 2 aliphatic rings. The van der Waals surface area contributed by atoms with Crippen LogP contribution in [0.5, 0.6) is 0 Å². The summed E-state index contributed by atoms with van der Waals surface area (Å²) in [4.78, 5) is 20.5. The Labute approximate surface area is 133 Å². The lowest BCUT2D eigenvalue weighted by atomic mass is 10.1. The molecule has 0 radical (unpaired) electrons. The highest BCUT2D eigenvalue weighted by Gasteiger charge is 2.30. The van der Waals surface area contributed by atoms with Gasteiger partial charge in [-0.3, -0.25) is 14.4 Å². The van der Waals surface area contributed by atoms with E-state index < -0.39 is 0 Å². The molecule has 0 atom stereocenters. The molecule has 1 amide bonds. The minimum atomic E-state index is 0.216. The molecule has 4 rings (SSSR count). The van der Waals surface area contributed by atoms with Gasteiger partial charge in [0.15, 0.2) is 0 Å². The van der Waals surface area contributed by atoms with Crippen molar-refractivity contribution in [3.8, 4) is 0 Å².